The lowest BCUT2D eigenvalue weighted by Gasteiger charge is -2.34. The fourth-order valence-corrected chi connectivity index (χ4v) is 2.10. The quantitative estimate of drug-likeness (QED) is 0.717. The third-order valence-corrected chi connectivity index (χ3v) is 3.22. The lowest BCUT2D eigenvalue weighted by atomic mass is 10.0. The highest BCUT2D eigenvalue weighted by atomic mass is 16.2. The molecule has 0 spiro atoms. The van der Waals surface area contributed by atoms with E-state index >= 15 is 0 Å². The molecule has 1 aliphatic heterocycles. The number of nitrogens with zero attached hydrogens (tertiary/aromatic N) is 1. The lowest BCUT2D eigenvalue weighted by molar-refractivity contribution is -0.125. The summed E-state index contributed by atoms with van der Waals surface area (Å²) >= 11 is 0. The zero-order chi connectivity index (χ0) is 11.5. The van der Waals surface area contributed by atoms with Crippen molar-refractivity contribution in [1.29, 1.82) is 0 Å². The molecule has 2 N–H and O–H groups in total. The molecular formula is C11H19N3O2. The molecule has 5 nitrogen and oxygen atoms in total. The van der Waals surface area contributed by atoms with Crippen molar-refractivity contribution in [2.75, 3.05) is 13.6 Å². The van der Waals surface area contributed by atoms with Crippen molar-refractivity contribution in [3.05, 3.63) is 0 Å². The third kappa shape index (κ3) is 2.46. The molecule has 0 aromatic carbocycles. The van der Waals surface area contributed by atoms with Crippen molar-refractivity contribution < 1.29 is 9.59 Å². The van der Waals surface area contributed by atoms with Crippen LogP contribution in [0.15, 0.2) is 0 Å². The zero-order valence-electron chi connectivity index (χ0n) is 9.66. The number of nitrogens with one attached hydrogen (secondary N) is 2. The molecule has 2 rings (SSSR count). The number of piperidine rings is 1. The van der Waals surface area contributed by atoms with E-state index in [1.807, 2.05) is 0 Å². The molecule has 3 amide bonds. The van der Waals surface area contributed by atoms with Gasteiger partial charge in [-0.1, -0.05) is 0 Å². The molecule has 1 atom stereocenters. The van der Waals surface area contributed by atoms with Gasteiger partial charge in [0.1, 0.15) is 6.04 Å². The minimum atomic E-state index is -0.280. The number of hydrogen-bond acceptors (Lipinski definition) is 2. The van der Waals surface area contributed by atoms with Gasteiger partial charge in [0.05, 0.1) is 0 Å². The SMILES string of the molecule is CNC(=O)C1CCCCN1C(=O)NC1CC1. The minimum absolute atomic E-state index is 0.0503. The van der Waals surface area contributed by atoms with Gasteiger partial charge in [0.25, 0.3) is 0 Å². The first-order chi connectivity index (χ1) is 7.72. The smallest absolute Gasteiger partial charge is 0.318 e. The summed E-state index contributed by atoms with van der Waals surface area (Å²) in [5, 5.41) is 5.57. The Morgan fingerprint density at radius 3 is 2.56 bits per heavy atom. The van der Waals surface area contributed by atoms with Crippen LogP contribution in [-0.4, -0.2) is 42.5 Å². The summed E-state index contributed by atoms with van der Waals surface area (Å²) in [5.74, 6) is -0.0503. The van der Waals surface area contributed by atoms with Crippen molar-refractivity contribution in [2.24, 2.45) is 0 Å². The Bertz CT molecular complexity index is 289. The van der Waals surface area contributed by atoms with E-state index in [4.69, 9.17) is 0 Å². The van der Waals surface area contributed by atoms with Crippen LogP contribution in [0, 0.1) is 0 Å². The fourth-order valence-electron chi connectivity index (χ4n) is 2.10. The maximum atomic E-state index is 11.9. The first kappa shape index (κ1) is 11.2. The summed E-state index contributed by atoms with van der Waals surface area (Å²) in [6.07, 6.45) is 4.93. The minimum Gasteiger partial charge on any atom is -0.357 e. The molecule has 5 heteroatoms. The van der Waals surface area contributed by atoms with Gasteiger partial charge < -0.3 is 15.5 Å². The van der Waals surface area contributed by atoms with E-state index in [1.54, 1.807) is 11.9 Å². The lowest BCUT2D eigenvalue weighted by Crippen LogP contribution is -2.54. The average molecular weight is 225 g/mol. The fraction of sp³-hybridized carbons (Fsp3) is 0.818. The number of rotatable bonds is 2. The van der Waals surface area contributed by atoms with Gasteiger partial charge in [0, 0.05) is 19.6 Å². The summed E-state index contributed by atoms with van der Waals surface area (Å²) in [5.41, 5.74) is 0. The highest BCUT2D eigenvalue weighted by Crippen LogP contribution is 2.21. The standard InChI is InChI=1S/C11H19N3O2/c1-12-10(15)9-4-2-3-7-14(9)11(16)13-8-5-6-8/h8-9H,2-7H2,1H3,(H,12,15)(H,13,16). The van der Waals surface area contributed by atoms with Crippen LogP contribution in [0.3, 0.4) is 0 Å². The molecule has 0 bridgehead atoms. The largest absolute Gasteiger partial charge is 0.357 e. The Hall–Kier alpha value is -1.26. The monoisotopic (exact) mass is 225 g/mol. The summed E-state index contributed by atoms with van der Waals surface area (Å²) in [6, 6.07) is -0.00642. The van der Waals surface area contributed by atoms with Gasteiger partial charge >= 0.3 is 6.03 Å². The Labute approximate surface area is 95.6 Å². The molecule has 16 heavy (non-hydrogen) atoms. The zero-order valence-corrected chi connectivity index (χ0v) is 9.66. The topological polar surface area (TPSA) is 61.4 Å². The van der Waals surface area contributed by atoms with Crippen LogP contribution >= 0.6 is 0 Å². The number of likely N-dealkylation sites (tertiary alicyclic amines) is 1. The van der Waals surface area contributed by atoms with Gasteiger partial charge in [-0.15, -0.1) is 0 Å². The van der Waals surface area contributed by atoms with Gasteiger partial charge in [-0.3, -0.25) is 4.79 Å². The molecule has 90 valence electrons. The van der Waals surface area contributed by atoms with Crippen molar-refractivity contribution in [2.45, 2.75) is 44.2 Å². The average Bonchev–Trinajstić information content (AvgIpc) is 3.12. The highest BCUT2D eigenvalue weighted by Gasteiger charge is 2.34. The van der Waals surface area contributed by atoms with E-state index in [0.717, 1.165) is 32.1 Å². The van der Waals surface area contributed by atoms with Gasteiger partial charge in [0.15, 0.2) is 0 Å². The van der Waals surface area contributed by atoms with Gasteiger partial charge in [-0.25, -0.2) is 4.79 Å². The Morgan fingerprint density at radius 1 is 1.19 bits per heavy atom. The number of amides is 3. The van der Waals surface area contributed by atoms with E-state index in [0.29, 0.717) is 12.6 Å². The molecule has 0 aromatic rings. The number of carbonyl (C=O) groups is 2. The van der Waals surface area contributed by atoms with Crippen molar-refractivity contribution in [3.8, 4) is 0 Å². The molecule has 1 unspecified atom stereocenters. The second-order valence-corrected chi connectivity index (χ2v) is 4.54. The molecular weight excluding hydrogens is 206 g/mol. The van der Waals surface area contributed by atoms with Crippen LogP contribution in [0.4, 0.5) is 4.79 Å². The van der Waals surface area contributed by atoms with Crippen LogP contribution in [-0.2, 0) is 4.79 Å². The van der Waals surface area contributed by atoms with E-state index in [2.05, 4.69) is 10.6 Å². The van der Waals surface area contributed by atoms with Crippen LogP contribution in [0.5, 0.6) is 0 Å². The van der Waals surface area contributed by atoms with Crippen molar-refractivity contribution in [1.82, 2.24) is 15.5 Å². The molecule has 2 aliphatic rings. The maximum absolute atomic E-state index is 11.9. The second-order valence-electron chi connectivity index (χ2n) is 4.54. The van der Waals surface area contributed by atoms with E-state index in [9.17, 15) is 9.59 Å². The second kappa shape index (κ2) is 4.72. The van der Waals surface area contributed by atoms with Crippen LogP contribution in [0.1, 0.15) is 32.1 Å². The summed E-state index contributed by atoms with van der Waals surface area (Å²) in [7, 11) is 1.62. The molecule has 0 aromatic heterocycles. The highest BCUT2D eigenvalue weighted by molar-refractivity contribution is 5.87. The Morgan fingerprint density at radius 2 is 1.94 bits per heavy atom. The Kier molecular flexibility index (Phi) is 3.31. The van der Waals surface area contributed by atoms with E-state index < -0.39 is 0 Å². The maximum Gasteiger partial charge on any atom is 0.318 e. The molecule has 1 heterocycles. The first-order valence-electron chi connectivity index (χ1n) is 6.01. The van der Waals surface area contributed by atoms with E-state index in [1.165, 1.54) is 0 Å². The third-order valence-electron chi connectivity index (χ3n) is 3.22. The van der Waals surface area contributed by atoms with Crippen LogP contribution in [0.2, 0.25) is 0 Å². The first-order valence-corrected chi connectivity index (χ1v) is 6.01. The van der Waals surface area contributed by atoms with Crippen LogP contribution < -0.4 is 10.6 Å². The van der Waals surface area contributed by atoms with Gasteiger partial charge in [-0.2, -0.15) is 0 Å². The number of carbonyl (C=O) groups excluding carboxylic acids is 2. The predicted octanol–water partition coefficient (Wildman–Crippen LogP) is 0.459. The molecule has 2 fully saturated rings. The summed E-state index contributed by atoms with van der Waals surface area (Å²) in [4.78, 5) is 25.2. The predicted molar refractivity (Wildman–Crippen MR) is 60.0 cm³/mol. The normalized spacial score (nSPS) is 25.1. The van der Waals surface area contributed by atoms with E-state index in [-0.39, 0.29) is 18.0 Å². The number of urea groups is 1. The Balaban J connectivity index is 1.96. The van der Waals surface area contributed by atoms with Crippen molar-refractivity contribution >= 4 is 11.9 Å². The summed E-state index contributed by atoms with van der Waals surface area (Å²) in [6.45, 7) is 0.691. The molecule has 1 saturated carbocycles. The summed E-state index contributed by atoms with van der Waals surface area (Å²) < 4.78 is 0. The molecule has 1 aliphatic carbocycles. The molecule has 0 radical (unpaired) electrons. The number of likely N-dealkylation sites (N-methyl/N-ethyl adjacent to an activating group) is 1. The molecule has 1 saturated heterocycles. The van der Waals surface area contributed by atoms with Gasteiger partial charge in [0.2, 0.25) is 5.91 Å². The number of hydrogen-bond donors (Lipinski definition) is 2. The van der Waals surface area contributed by atoms with Crippen LogP contribution in [0.25, 0.3) is 0 Å². The van der Waals surface area contributed by atoms with Crippen molar-refractivity contribution in [3.63, 3.8) is 0 Å². The van der Waals surface area contributed by atoms with Gasteiger partial charge in [-0.05, 0) is 32.1 Å².